The van der Waals surface area contributed by atoms with Crippen LogP contribution in [0.2, 0.25) is 0 Å². The van der Waals surface area contributed by atoms with E-state index in [1.807, 2.05) is 0 Å². The second-order valence-corrected chi connectivity index (χ2v) is 4.83. The summed E-state index contributed by atoms with van der Waals surface area (Å²) in [6.07, 6.45) is 1.95. The maximum atomic E-state index is 9.85. The Morgan fingerprint density at radius 1 is 1.50 bits per heavy atom. The lowest BCUT2D eigenvalue weighted by Gasteiger charge is -2.36. The van der Waals surface area contributed by atoms with Gasteiger partial charge in [0.2, 0.25) is 0 Å². The number of aliphatic hydroxyl groups is 1. The Morgan fingerprint density at radius 2 is 2.21 bits per heavy atom. The van der Waals surface area contributed by atoms with E-state index in [1.54, 1.807) is 0 Å². The lowest BCUT2D eigenvalue weighted by Crippen LogP contribution is -2.45. The van der Waals surface area contributed by atoms with Crippen molar-refractivity contribution in [3.05, 3.63) is 0 Å². The fraction of sp³-hybridized carbons (Fsp3) is 1.00. The molecule has 2 atom stereocenters. The molecule has 1 fully saturated rings. The van der Waals surface area contributed by atoms with Crippen molar-refractivity contribution in [1.29, 1.82) is 0 Å². The molecule has 1 aliphatic rings. The summed E-state index contributed by atoms with van der Waals surface area (Å²) in [5, 5.41) is 9.85. The molecule has 1 aliphatic heterocycles. The van der Waals surface area contributed by atoms with Crippen LogP contribution < -0.4 is 5.73 Å². The zero-order valence-corrected chi connectivity index (χ0v) is 9.45. The van der Waals surface area contributed by atoms with Crippen LogP contribution >= 0.6 is 0 Å². The van der Waals surface area contributed by atoms with Crippen LogP contribution in [-0.4, -0.2) is 42.3 Å². The van der Waals surface area contributed by atoms with Crippen LogP contribution in [0.25, 0.3) is 0 Å². The smallest absolute Gasteiger partial charge is 0.0592 e. The van der Waals surface area contributed by atoms with Crippen LogP contribution in [0.5, 0.6) is 0 Å². The first-order valence-electron chi connectivity index (χ1n) is 5.74. The molecule has 0 amide bonds. The molecule has 3 nitrogen and oxygen atoms in total. The molecule has 1 heterocycles. The minimum Gasteiger partial charge on any atom is -0.393 e. The summed E-state index contributed by atoms with van der Waals surface area (Å²) in [4.78, 5) is 2.37. The number of aliphatic hydroxyl groups excluding tert-OH is 1. The van der Waals surface area contributed by atoms with Crippen LogP contribution in [0.1, 0.15) is 26.7 Å². The van der Waals surface area contributed by atoms with Gasteiger partial charge in [0.05, 0.1) is 6.10 Å². The molecule has 0 saturated carbocycles. The van der Waals surface area contributed by atoms with E-state index in [4.69, 9.17) is 5.73 Å². The summed E-state index contributed by atoms with van der Waals surface area (Å²) in [5.41, 5.74) is 5.54. The van der Waals surface area contributed by atoms with Gasteiger partial charge in [-0.3, -0.25) is 0 Å². The van der Waals surface area contributed by atoms with Crippen molar-refractivity contribution < 1.29 is 5.11 Å². The van der Waals surface area contributed by atoms with Gasteiger partial charge >= 0.3 is 0 Å². The Kier molecular flexibility index (Phi) is 4.85. The molecule has 1 saturated heterocycles. The number of nitrogens with zero attached hydrogens (tertiary/aromatic N) is 1. The highest BCUT2D eigenvalue weighted by Crippen LogP contribution is 2.23. The van der Waals surface area contributed by atoms with Gasteiger partial charge in [0.1, 0.15) is 0 Å². The van der Waals surface area contributed by atoms with Crippen molar-refractivity contribution >= 4 is 0 Å². The number of hydrogen-bond donors (Lipinski definition) is 2. The average Bonchev–Trinajstić information content (AvgIpc) is 2.10. The highest BCUT2D eigenvalue weighted by atomic mass is 16.3. The normalized spacial score (nSPS) is 29.8. The summed E-state index contributed by atoms with van der Waals surface area (Å²) in [5.74, 6) is 1.13. The first-order chi connectivity index (χ1) is 6.63. The molecular formula is C11H24N2O. The van der Waals surface area contributed by atoms with E-state index in [0.717, 1.165) is 39.0 Å². The lowest BCUT2D eigenvalue weighted by molar-refractivity contribution is 0.0188. The van der Waals surface area contributed by atoms with Crippen LogP contribution in [0, 0.1) is 11.8 Å². The number of rotatable bonds is 4. The first-order valence-corrected chi connectivity index (χ1v) is 5.74. The number of likely N-dealkylation sites (tertiary alicyclic amines) is 1. The summed E-state index contributed by atoms with van der Waals surface area (Å²) >= 11 is 0. The van der Waals surface area contributed by atoms with Crippen LogP contribution in [0.3, 0.4) is 0 Å². The molecule has 0 aliphatic carbocycles. The van der Waals surface area contributed by atoms with Crippen LogP contribution in [0.4, 0.5) is 0 Å². The monoisotopic (exact) mass is 200 g/mol. The van der Waals surface area contributed by atoms with E-state index in [-0.39, 0.29) is 6.10 Å². The lowest BCUT2D eigenvalue weighted by atomic mass is 9.87. The molecule has 1 rings (SSSR count). The van der Waals surface area contributed by atoms with Gasteiger partial charge in [-0.05, 0) is 24.7 Å². The SMILES string of the molecule is CC(C)C[C@@H]1CN(CCN)CC[C@H]1O. The Labute approximate surface area is 87.3 Å². The Hall–Kier alpha value is -0.120. The summed E-state index contributed by atoms with van der Waals surface area (Å²) < 4.78 is 0. The number of hydrogen-bond acceptors (Lipinski definition) is 3. The van der Waals surface area contributed by atoms with Crippen molar-refractivity contribution in [3.8, 4) is 0 Å². The maximum absolute atomic E-state index is 9.85. The highest BCUT2D eigenvalue weighted by molar-refractivity contribution is 4.80. The largest absolute Gasteiger partial charge is 0.393 e. The Balaban J connectivity index is 2.38. The molecule has 0 radical (unpaired) electrons. The maximum Gasteiger partial charge on any atom is 0.0592 e. The molecule has 0 aromatic heterocycles. The zero-order chi connectivity index (χ0) is 10.6. The summed E-state index contributed by atoms with van der Waals surface area (Å²) in [7, 11) is 0. The van der Waals surface area contributed by atoms with Crippen molar-refractivity contribution in [2.24, 2.45) is 17.6 Å². The molecule has 14 heavy (non-hydrogen) atoms. The minimum absolute atomic E-state index is 0.0913. The average molecular weight is 200 g/mol. The van der Waals surface area contributed by atoms with E-state index in [1.165, 1.54) is 0 Å². The van der Waals surface area contributed by atoms with Gasteiger partial charge in [0.25, 0.3) is 0 Å². The molecule has 0 aromatic carbocycles. The number of nitrogens with two attached hydrogens (primary N) is 1. The van der Waals surface area contributed by atoms with Gasteiger partial charge in [-0.25, -0.2) is 0 Å². The Bertz CT molecular complexity index is 161. The third-order valence-corrected chi connectivity index (χ3v) is 3.00. The van der Waals surface area contributed by atoms with Crippen molar-refractivity contribution in [2.75, 3.05) is 26.2 Å². The zero-order valence-electron chi connectivity index (χ0n) is 9.45. The van der Waals surface area contributed by atoms with Gasteiger partial charge in [0, 0.05) is 26.2 Å². The molecule has 0 spiro atoms. The third-order valence-electron chi connectivity index (χ3n) is 3.00. The molecule has 3 N–H and O–H groups in total. The van der Waals surface area contributed by atoms with E-state index in [0.29, 0.717) is 11.8 Å². The predicted molar refractivity (Wildman–Crippen MR) is 59.1 cm³/mol. The molecular weight excluding hydrogens is 176 g/mol. The molecule has 3 heteroatoms. The van der Waals surface area contributed by atoms with Crippen molar-refractivity contribution in [2.45, 2.75) is 32.8 Å². The molecule has 0 bridgehead atoms. The van der Waals surface area contributed by atoms with E-state index >= 15 is 0 Å². The summed E-state index contributed by atoms with van der Waals surface area (Å²) in [6.45, 7) is 8.17. The fourth-order valence-corrected chi connectivity index (χ4v) is 2.32. The van der Waals surface area contributed by atoms with Gasteiger partial charge in [-0.2, -0.15) is 0 Å². The molecule has 84 valence electrons. The quantitative estimate of drug-likeness (QED) is 0.701. The van der Waals surface area contributed by atoms with Crippen LogP contribution in [0.15, 0.2) is 0 Å². The highest BCUT2D eigenvalue weighted by Gasteiger charge is 2.27. The molecule has 0 aromatic rings. The minimum atomic E-state index is -0.0913. The van der Waals surface area contributed by atoms with E-state index in [9.17, 15) is 5.11 Å². The Morgan fingerprint density at radius 3 is 2.79 bits per heavy atom. The van der Waals surface area contributed by atoms with E-state index in [2.05, 4.69) is 18.7 Å². The first kappa shape index (κ1) is 12.0. The third kappa shape index (κ3) is 3.56. The number of piperidine rings is 1. The van der Waals surface area contributed by atoms with Gasteiger partial charge in [-0.1, -0.05) is 13.8 Å². The second-order valence-electron chi connectivity index (χ2n) is 4.83. The topological polar surface area (TPSA) is 49.5 Å². The molecule has 0 unspecified atom stereocenters. The van der Waals surface area contributed by atoms with Gasteiger partial charge < -0.3 is 15.7 Å². The van der Waals surface area contributed by atoms with Gasteiger partial charge in [0.15, 0.2) is 0 Å². The van der Waals surface area contributed by atoms with Crippen molar-refractivity contribution in [1.82, 2.24) is 4.90 Å². The van der Waals surface area contributed by atoms with Crippen molar-refractivity contribution in [3.63, 3.8) is 0 Å². The van der Waals surface area contributed by atoms with Gasteiger partial charge in [-0.15, -0.1) is 0 Å². The van der Waals surface area contributed by atoms with Crippen LogP contribution in [-0.2, 0) is 0 Å². The fourth-order valence-electron chi connectivity index (χ4n) is 2.32. The predicted octanol–water partition coefficient (Wildman–Crippen LogP) is 0.674. The second kappa shape index (κ2) is 5.69. The summed E-state index contributed by atoms with van der Waals surface area (Å²) in [6, 6.07) is 0. The standard InChI is InChI=1S/C11H24N2O/c1-9(2)7-10-8-13(6-4-12)5-3-11(10)14/h9-11,14H,3-8,12H2,1-2H3/t10-,11-/m1/s1. The van der Waals surface area contributed by atoms with E-state index < -0.39 is 0 Å².